The van der Waals surface area contributed by atoms with Crippen LogP contribution in [0.25, 0.3) is 0 Å². The van der Waals surface area contributed by atoms with E-state index < -0.39 is 53.5 Å². The Morgan fingerprint density at radius 2 is 1.57 bits per heavy atom. The van der Waals surface area contributed by atoms with Crippen molar-refractivity contribution in [3.8, 4) is 0 Å². The predicted molar refractivity (Wildman–Crippen MR) is 133 cm³/mol. The highest BCUT2D eigenvalue weighted by Gasteiger charge is 2.42. The lowest BCUT2D eigenvalue weighted by atomic mass is 9.97. The van der Waals surface area contributed by atoms with Crippen LogP contribution in [0.3, 0.4) is 0 Å². The van der Waals surface area contributed by atoms with E-state index >= 15 is 0 Å². The van der Waals surface area contributed by atoms with E-state index in [0.29, 0.717) is 29.7 Å². The van der Waals surface area contributed by atoms with E-state index in [9.17, 15) is 40.3 Å². The first-order valence-electron chi connectivity index (χ1n) is 12.6. The van der Waals surface area contributed by atoms with Crippen molar-refractivity contribution in [3.63, 3.8) is 0 Å². The third-order valence-corrected chi connectivity index (χ3v) is 7.20. The largest absolute Gasteiger partial charge is 0.416 e. The maximum absolute atomic E-state index is 13.9. The molecule has 2 amide bonds. The van der Waals surface area contributed by atoms with Crippen molar-refractivity contribution in [2.24, 2.45) is 5.92 Å². The van der Waals surface area contributed by atoms with Gasteiger partial charge in [0.25, 0.3) is 0 Å². The van der Waals surface area contributed by atoms with Crippen LogP contribution in [0, 0.1) is 18.7 Å². The molecule has 12 heteroatoms. The van der Waals surface area contributed by atoms with Crippen LogP contribution in [0.2, 0.25) is 0 Å². The van der Waals surface area contributed by atoms with Gasteiger partial charge >= 0.3 is 18.4 Å². The molecule has 0 N–H and O–H groups in total. The average molecular weight is 577 g/mol. The molecule has 220 valence electrons. The molecule has 0 aliphatic carbocycles. The van der Waals surface area contributed by atoms with Crippen LogP contribution < -0.4 is 0 Å². The number of likely N-dealkylation sites (tertiary alicyclic amines) is 1. The summed E-state index contributed by atoms with van der Waals surface area (Å²) in [7, 11) is 1.28. The Balaban J connectivity index is 1.96. The van der Waals surface area contributed by atoms with Gasteiger partial charge in [0.15, 0.2) is 5.78 Å². The fourth-order valence-electron chi connectivity index (χ4n) is 4.66. The van der Waals surface area contributed by atoms with Crippen LogP contribution in [0.5, 0.6) is 0 Å². The second-order valence-corrected chi connectivity index (χ2v) is 10.3. The van der Waals surface area contributed by atoms with Crippen LogP contribution in [-0.4, -0.2) is 47.9 Å². The highest BCUT2D eigenvalue weighted by molar-refractivity contribution is 5.81. The lowest BCUT2D eigenvalue weighted by Crippen LogP contribution is -2.43. The standard InChI is InChI=1S/C28H31F7N2O3/c1-15(2)23(38)14-40-24-8-9-37(25(24)22-7-6-21(29)10-16(22)3)26(39)36(5)17(4)18-11-19(27(30,31)32)13-20(12-18)28(33,34)35/h6-7,10-13,15,17,24-25H,8-9,14H2,1-5H3/t17-,24-,25?/m0/s1. The molecule has 3 atom stereocenters. The fraction of sp³-hybridized carbons (Fsp3) is 0.500. The van der Waals surface area contributed by atoms with E-state index in [-0.39, 0.29) is 36.5 Å². The van der Waals surface area contributed by atoms with Gasteiger partial charge in [-0.15, -0.1) is 0 Å². The van der Waals surface area contributed by atoms with Crippen molar-refractivity contribution < 1.29 is 45.1 Å². The Morgan fingerprint density at radius 3 is 2.08 bits per heavy atom. The summed E-state index contributed by atoms with van der Waals surface area (Å²) in [6.07, 6.45) is -10.4. The summed E-state index contributed by atoms with van der Waals surface area (Å²) >= 11 is 0. The second-order valence-electron chi connectivity index (χ2n) is 10.3. The van der Waals surface area contributed by atoms with Crippen LogP contribution in [-0.2, 0) is 21.9 Å². The van der Waals surface area contributed by atoms with Gasteiger partial charge in [0.1, 0.15) is 12.4 Å². The minimum Gasteiger partial charge on any atom is -0.368 e. The number of carbonyl (C=O) groups is 2. The summed E-state index contributed by atoms with van der Waals surface area (Å²) in [6.45, 7) is 6.32. The van der Waals surface area contributed by atoms with Gasteiger partial charge in [0.05, 0.1) is 29.3 Å². The summed E-state index contributed by atoms with van der Waals surface area (Å²) in [4.78, 5) is 28.3. The number of aryl methyl sites for hydroxylation is 1. The van der Waals surface area contributed by atoms with Crippen molar-refractivity contribution in [2.45, 2.75) is 64.7 Å². The van der Waals surface area contributed by atoms with Gasteiger partial charge < -0.3 is 14.5 Å². The summed E-state index contributed by atoms with van der Waals surface area (Å²) in [5.41, 5.74) is -2.24. The molecule has 0 spiro atoms. The number of alkyl halides is 6. The molecule has 1 unspecified atom stereocenters. The Labute approximate surface area is 227 Å². The molecular weight excluding hydrogens is 545 g/mol. The van der Waals surface area contributed by atoms with Gasteiger partial charge in [-0.25, -0.2) is 9.18 Å². The zero-order valence-electron chi connectivity index (χ0n) is 22.7. The lowest BCUT2D eigenvalue weighted by Gasteiger charge is -2.35. The second kappa shape index (κ2) is 11.8. The van der Waals surface area contributed by atoms with Crippen LogP contribution in [0.1, 0.15) is 67.1 Å². The fourth-order valence-corrected chi connectivity index (χ4v) is 4.66. The Hall–Kier alpha value is -3.15. The van der Waals surface area contributed by atoms with E-state index in [1.807, 2.05) is 0 Å². The van der Waals surface area contributed by atoms with Crippen molar-refractivity contribution in [1.29, 1.82) is 0 Å². The first-order chi connectivity index (χ1) is 18.4. The van der Waals surface area contributed by atoms with E-state index in [2.05, 4.69) is 0 Å². The maximum atomic E-state index is 13.9. The first-order valence-corrected chi connectivity index (χ1v) is 12.6. The number of nitrogens with zero attached hydrogens (tertiary/aromatic N) is 2. The maximum Gasteiger partial charge on any atom is 0.416 e. The molecule has 2 aromatic rings. The van der Waals surface area contributed by atoms with Gasteiger partial charge in [-0.05, 0) is 67.3 Å². The normalized spacial score (nSPS) is 18.8. The number of amides is 2. The molecule has 0 saturated carbocycles. The first kappa shape index (κ1) is 31.4. The molecule has 5 nitrogen and oxygen atoms in total. The van der Waals surface area contributed by atoms with E-state index in [4.69, 9.17) is 4.74 Å². The number of carbonyl (C=O) groups excluding carboxylic acids is 2. The summed E-state index contributed by atoms with van der Waals surface area (Å²) < 4.78 is 100. The van der Waals surface area contributed by atoms with Crippen molar-refractivity contribution in [2.75, 3.05) is 20.2 Å². The monoisotopic (exact) mass is 576 g/mol. The van der Waals surface area contributed by atoms with Gasteiger partial charge in [-0.2, -0.15) is 26.3 Å². The molecule has 1 saturated heterocycles. The number of rotatable bonds is 7. The zero-order valence-corrected chi connectivity index (χ0v) is 22.7. The molecule has 1 heterocycles. The third-order valence-electron chi connectivity index (χ3n) is 7.20. The minimum absolute atomic E-state index is 0.0340. The quantitative estimate of drug-likeness (QED) is 0.324. The molecule has 1 aliphatic rings. The number of hydrogen-bond acceptors (Lipinski definition) is 3. The van der Waals surface area contributed by atoms with Crippen LogP contribution in [0.4, 0.5) is 35.5 Å². The highest BCUT2D eigenvalue weighted by Crippen LogP contribution is 2.40. The van der Waals surface area contributed by atoms with Gasteiger partial charge in [0, 0.05) is 19.5 Å². The number of halogens is 7. The third kappa shape index (κ3) is 6.94. The molecular formula is C28H31F7N2O3. The highest BCUT2D eigenvalue weighted by atomic mass is 19.4. The average Bonchev–Trinajstić information content (AvgIpc) is 3.28. The number of urea groups is 1. The summed E-state index contributed by atoms with van der Waals surface area (Å²) in [5, 5.41) is 0. The summed E-state index contributed by atoms with van der Waals surface area (Å²) in [6, 6.07) is 2.60. The van der Waals surface area contributed by atoms with E-state index in [0.717, 1.165) is 4.90 Å². The minimum atomic E-state index is -5.03. The molecule has 0 aromatic heterocycles. The molecule has 1 fully saturated rings. The molecule has 3 rings (SSSR count). The molecule has 0 radical (unpaired) electrons. The Bertz CT molecular complexity index is 1210. The molecule has 1 aliphatic heterocycles. The Kier molecular flexibility index (Phi) is 9.22. The van der Waals surface area contributed by atoms with Crippen molar-refractivity contribution in [1.82, 2.24) is 9.80 Å². The molecule has 40 heavy (non-hydrogen) atoms. The number of benzene rings is 2. The van der Waals surface area contributed by atoms with Gasteiger partial charge in [-0.3, -0.25) is 4.79 Å². The van der Waals surface area contributed by atoms with Crippen LogP contribution in [0.15, 0.2) is 36.4 Å². The smallest absolute Gasteiger partial charge is 0.368 e. The topological polar surface area (TPSA) is 49.9 Å². The summed E-state index contributed by atoms with van der Waals surface area (Å²) in [5.74, 6) is -0.943. The molecule has 2 aromatic carbocycles. The number of ether oxygens (including phenoxy) is 1. The SMILES string of the molecule is Cc1cc(F)ccc1C1[C@@H](OCC(=O)C(C)C)CCN1C(=O)N(C)[C@@H](C)c1cc(C(F)(F)F)cc(C(F)(F)F)c1. The van der Waals surface area contributed by atoms with Gasteiger partial charge in [-0.1, -0.05) is 19.9 Å². The van der Waals surface area contributed by atoms with Crippen molar-refractivity contribution >= 4 is 11.8 Å². The molecule has 0 bridgehead atoms. The van der Waals surface area contributed by atoms with Crippen LogP contribution >= 0.6 is 0 Å². The lowest BCUT2D eigenvalue weighted by molar-refractivity contribution is -0.143. The number of hydrogen-bond donors (Lipinski definition) is 0. The predicted octanol–water partition coefficient (Wildman–Crippen LogP) is 7.34. The van der Waals surface area contributed by atoms with E-state index in [1.54, 1.807) is 20.8 Å². The van der Waals surface area contributed by atoms with Gasteiger partial charge in [0.2, 0.25) is 0 Å². The zero-order chi connectivity index (χ0) is 30.2. The Morgan fingerprint density at radius 1 is 1.00 bits per heavy atom. The van der Waals surface area contributed by atoms with E-state index in [1.165, 1.54) is 37.1 Å². The van der Waals surface area contributed by atoms with Crippen molar-refractivity contribution in [3.05, 3.63) is 70.0 Å². The number of Topliss-reactive ketones (excluding diaryl/α,β-unsaturated/α-hetero) is 1. The number of ketones is 1.